The topological polar surface area (TPSA) is 76.4 Å². The Bertz CT molecular complexity index is 518. The number of aliphatic hydroxyl groups excluding tert-OH is 1. The van der Waals surface area contributed by atoms with Crippen LogP contribution >= 0.6 is 0 Å². The maximum atomic E-state index is 12.2. The van der Waals surface area contributed by atoms with Gasteiger partial charge < -0.3 is 15.3 Å². The van der Waals surface area contributed by atoms with E-state index in [0.29, 0.717) is 18.7 Å². The SMILES string of the molecule is CC(O)c1cccc(NC(=O)N(CCC#N)C2CC2)c1. The van der Waals surface area contributed by atoms with Gasteiger partial charge in [0.2, 0.25) is 0 Å². The van der Waals surface area contributed by atoms with Crippen molar-refractivity contribution in [3.05, 3.63) is 29.8 Å². The molecule has 1 aromatic rings. The number of rotatable bonds is 5. The van der Waals surface area contributed by atoms with Crippen molar-refractivity contribution in [3.8, 4) is 6.07 Å². The van der Waals surface area contributed by atoms with E-state index in [2.05, 4.69) is 11.4 Å². The molecule has 1 atom stereocenters. The van der Waals surface area contributed by atoms with Gasteiger partial charge in [-0.05, 0) is 37.5 Å². The molecule has 0 saturated heterocycles. The van der Waals surface area contributed by atoms with Crippen LogP contribution in [0.2, 0.25) is 0 Å². The van der Waals surface area contributed by atoms with E-state index in [1.54, 1.807) is 30.0 Å². The summed E-state index contributed by atoms with van der Waals surface area (Å²) in [7, 11) is 0. The summed E-state index contributed by atoms with van der Waals surface area (Å²) in [5, 5.41) is 21.0. The quantitative estimate of drug-likeness (QED) is 0.865. The fourth-order valence-electron chi connectivity index (χ4n) is 2.08. The summed E-state index contributed by atoms with van der Waals surface area (Å²) in [6.07, 6.45) is 1.79. The van der Waals surface area contributed by atoms with Crippen molar-refractivity contribution in [2.24, 2.45) is 0 Å². The maximum Gasteiger partial charge on any atom is 0.322 e. The average Bonchev–Trinajstić information content (AvgIpc) is 3.24. The molecule has 2 N–H and O–H groups in total. The van der Waals surface area contributed by atoms with E-state index >= 15 is 0 Å². The summed E-state index contributed by atoms with van der Waals surface area (Å²) in [4.78, 5) is 13.9. The summed E-state index contributed by atoms with van der Waals surface area (Å²) >= 11 is 0. The molecule has 1 fully saturated rings. The van der Waals surface area contributed by atoms with E-state index < -0.39 is 6.10 Å². The Kier molecular flexibility index (Phi) is 4.59. The molecule has 0 spiro atoms. The highest BCUT2D eigenvalue weighted by atomic mass is 16.3. The minimum atomic E-state index is -0.565. The first kappa shape index (κ1) is 14.4. The monoisotopic (exact) mass is 273 g/mol. The number of aliphatic hydroxyl groups is 1. The van der Waals surface area contributed by atoms with Crippen LogP contribution < -0.4 is 5.32 Å². The Morgan fingerprint density at radius 2 is 2.35 bits per heavy atom. The first-order chi connectivity index (χ1) is 9.61. The molecule has 2 amide bonds. The minimum absolute atomic E-state index is 0.175. The first-order valence-corrected chi connectivity index (χ1v) is 6.84. The van der Waals surface area contributed by atoms with Crippen LogP contribution in [0.25, 0.3) is 0 Å². The predicted molar refractivity (Wildman–Crippen MR) is 76.1 cm³/mol. The number of carbonyl (C=O) groups excluding carboxylic acids is 1. The molecule has 0 radical (unpaired) electrons. The molecule has 0 bridgehead atoms. The Labute approximate surface area is 118 Å². The fourth-order valence-corrected chi connectivity index (χ4v) is 2.08. The second kappa shape index (κ2) is 6.40. The van der Waals surface area contributed by atoms with Crippen LogP contribution in [0.4, 0.5) is 10.5 Å². The van der Waals surface area contributed by atoms with Gasteiger partial charge in [-0.25, -0.2) is 4.79 Å². The smallest absolute Gasteiger partial charge is 0.322 e. The van der Waals surface area contributed by atoms with Crippen molar-refractivity contribution < 1.29 is 9.90 Å². The van der Waals surface area contributed by atoms with Gasteiger partial charge in [0.15, 0.2) is 0 Å². The normalized spacial score (nSPS) is 15.2. The van der Waals surface area contributed by atoms with E-state index in [0.717, 1.165) is 18.4 Å². The second-order valence-corrected chi connectivity index (χ2v) is 5.06. The Morgan fingerprint density at radius 1 is 1.60 bits per heavy atom. The third kappa shape index (κ3) is 3.72. The van der Waals surface area contributed by atoms with Crippen LogP contribution in [0.5, 0.6) is 0 Å². The van der Waals surface area contributed by atoms with Crippen molar-refractivity contribution in [2.75, 3.05) is 11.9 Å². The van der Waals surface area contributed by atoms with Crippen molar-refractivity contribution in [1.29, 1.82) is 5.26 Å². The summed E-state index contributed by atoms with van der Waals surface area (Å²) in [5.41, 5.74) is 1.42. The van der Waals surface area contributed by atoms with Crippen LogP contribution in [-0.2, 0) is 0 Å². The zero-order valence-corrected chi connectivity index (χ0v) is 11.5. The highest BCUT2D eigenvalue weighted by Crippen LogP contribution is 2.27. The molecule has 1 unspecified atom stereocenters. The molecule has 1 aromatic carbocycles. The van der Waals surface area contributed by atoms with E-state index in [1.165, 1.54) is 0 Å². The molecule has 0 heterocycles. The lowest BCUT2D eigenvalue weighted by molar-refractivity contribution is 0.199. The summed E-state index contributed by atoms with van der Waals surface area (Å²) in [6.45, 7) is 2.15. The van der Waals surface area contributed by atoms with E-state index in [-0.39, 0.29) is 12.1 Å². The van der Waals surface area contributed by atoms with Crippen LogP contribution in [0.1, 0.15) is 37.9 Å². The largest absolute Gasteiger partial charge is 0.389 e. The highest BCUT2D eigenvalue weighted by molar-refractivity contribution is 5.89. The van der Waals surface area contributed by atoms with Gasteiger partial charge in [-0.15, -0.1) is 0 Å². The number of nitrogens with one attached hydrogen (secondary N) is 1. The lowest BCUT2D eigenvalue weighted by Gasteiger charge is -2.22. The Hall–Kier alpha value is -2.06. The van der Waals surface area contributed by atoms with Crippen LogP contribution in [0, 0.1) is 11.3 Å². The van der Waals surface area contributed by atoms with Crippen LogP contribution in [0.15, 0.2) is 24.3 Å². The van der Waals surface area contributed by atoms with E-state index in [1.807, 2.05) is 6.07 Å². The highest BCUT2D eigenvalue weighted by Gasteiger charge is 2.32. The van der Waals surface area contributed by atoms with Crippen LogP contribution in [0.3, 0.4) is 0 Å². The Morgan fingerprint density at radius 3 is 2.95 bits per heavy atom. The van der Waals surface area contributed by atoms with Gasteiger partial charge in [-0.2, -0.15) is 5.26 Å². The van der Waals surface area contributed by atoms with Gasteiger partial charge in [0.1, 0.15) is 0 Å². The molecule has 5 nitrogen and oxygen atoms in total. The van der Waals surface area contributed by atoms with Gasteiger partial charge in [0.05, 0.1) is 18.6 Å². The molecular formula is C15H19N3O2. The molecular weight excluding hydrogens is 254 g/mol. The lowest BCUT2D eigenvalue weighted by Crippen LogP contribution is -2.37. The number of benzene rings is 1. The molecule has 20 heavy (non-hydrogen) atoms. The molecule has 5 heteroatoms. The second-order valence-electron chi connectivity index (χ2n) is 5.06. The zero-order chi connectivity index (χ0) is 14.5. The number of carbonyl (C=O) groups is 1. The van der Waals surface area contributed by atoms with Crippen molar-refractivity contribution in [1.82, 2.24) is 4.90 Å². The molecule has 2 rings (SSSR count). The third-order valence-corrected chi connectivity index (χ3v) is 3.33. The molecule has 0 aromatic heterocycles. The maximum absolute atomic E-state index is 12.2. The van der Waals surface area contributed by atoms with Crippen molar-refractivity contribution >= 4 is 11.7 Å². The molecule has 0 aliphatic heterocycles. The molecule has 1 aliphatic rings. The van der Waals surface area contributed by atoms with E-state index in [9.17, 15) is 9.90 Å². The summed E-state index contributed by atoms with van der Waals surface area (Å²) < 4.78 is 0. The standard InChI is InChI=1S/C15H19N3O2/c1-11(19)12-4-2-5-13(10-12)17-15(20)18(9-3-8-16)14-6-7-14/h2,4-5,10-11,14,19H,3,6-7,9H2,1H3,(H,17,20). The number of hydrogen-bond acceptors (Lipinski definition) is 3. The third-order valence-electron chi connectivity index (χ3n) is 3.33. The Balaban J connectivity index is 2.02. The molecule has 106 valence electrons. The minimum Gasteiger partial charge on any atom is -0.389 e. The predicted octanol–water partition coefficient (Wildman–Crippen LogP) is 2.65. The van der Waals surface area contributed by atoms with E-state index in [4.69, 9.17) is 5.26 Å². The number of amides is 2. The number of urea groups is 1. The van der Waals surface area contributed by atoms with Gasteiger partial charge in [0, 0.05) is 18.3 Å². The zero-order valence-electron chi connectivity index (χ0n) is 11.5. The van der Waals surface area contributed by atoms with Crippen LogP contribution in [-0.4, -0.2) is 28.6 Å². The molecule has 1 aliphatic carbocycles. The lowest BCUT2D eigenvalue weighted by atomic mass is 10.1. The number of nitrogens with zero attached hydrogens (tertiary/aromatic N) is 2. The number of nitriles is 1. The van der Waals surface area contributed by atoms with Crippen molar-refractivity contribution in [3.63, 3.8) is 0 Å². The summed E-state index contributed by atoms with van der Waals surface area (Å²) in [6, 6.07) is 9.33. The van der Waals surface area contributed by atoms with Gasteiger partial charge in [-0.3, -0.25) is 0 Å². The fraction of sp³-hybridized carbons (Fsp3) is 0.467. The van der Waals surface area contributed by atoms with Gasteiger partial charge >= 0.3 is 6.03 Å². The number of hydrogen-bond donors (Lipinski definition) is 2. The van der Waals surface area contributed by atoms with Gasteiger partial charge in [-0.1, -0.05) is 12.1 Å². The number of anilines is 1. The molecule has 1 saturated carbocycles. The van der Waals surface area contributed by atoms with Gasteiger partial charge in [0.25, 0.3) is 0 Å². The van der Waals surface area contributed by atoms with Crippen molar-refractivity contribution in [2.45, 2.75) is 38.3 Å². The summed E-state index contributed by atoms with van der Waals surface area (Å²) in [5.74, 6) is 0. The first-order valence-electron chi connectivity index (χ1n) is 6.84. The average molecular weight is 273 g/mol.